The average Bonchev–Trinajstić information content (AvgIpc) is 3.08. The Morgan fingerprint density at radius 3 is 1.86 bits per heavy atom. The van der Waals surface area contributed by atoms with Crippen molar-refractivity contribution in [3.05, 3.63) is 141 Å². The van der Waals surface area contributed by atoms with Crippen LogP contribution in [0, 0.1) is 41.5 Å². The minimum absolute atomic E-state index is 0.193. The van der Waals surface area contributed by atoms with Crippen LogP contribution in [0.1, 0.15) is 62.9 Å². The molecule has 2 heterocycles. The fourth-order valence-corrected chi connectivity index (χ4v) is 7.08. The molecule has 0 atom stereocenters. The standard InChI is InChI=1S/C43H46F3N3/c1-28-20-37(21-29(2)32(28)5)36-9-7-8-34(24-36)26-48-18-15-41(16-19-48)49(40-12-10-39(11-13-40)43(44,45)46)27-35-14-17-47-42(25-35)38-22-30(3)33(6)31(4)23-38/h7-14,17,20-25,41H,15-16,18-19,26-27H2,1-6H3. The number of likely N-dealkylation sites (tertiary alicyclic amines) is 1. The van der Waals surface area contributed by atoms with Gasteiger partial charge in [-0.25, -0.2) is 0 Å². The van der Waals surface area contributed by atoms with Gasteiger partial charge in [-0.15, -0.1) is 0 Å². The minimum Gasteiger partial charge on any atom is -0.364 e. The first kappa shape index (κ1) is 34.4. The van der Waals surface area contributed by atoms with Crippen molar-refractivity contribution in [3.8, 4) is 22.4 Å². The molecular weight excluding hydrogens is 615 g/mol. The molecule has 3 nitrogen and oxygen atoms in total. The summed E-state index contributed by atoms with van der Waals surface area (Å²) in [5.41, 5.74) is 14.7. The fourth-order valence-electron chi connectivity index (χ4n) is 7.08. The molecule has 5 aromatic rings. The van der Waals surface area contributed by atoms with E-state index in [1.54, 1.807) is 12.1 Å². The monoisotopic (exact) mass is 661 g/mol. The van der Waals surface area contributed by atoms with Gasteiger partial charge in [0.1, 0.15) is 0 Å². The van der Waals surface area contributed by atoms with E-state index in [-0.39, 0.29) is 6.04 Å². The summed E-state index contributed by atoms with van der Waals surface area (Å²) in [5.74, 6) is 0. The van der Waals surface area contributed by atoms with Gasteiger partial charge in [-0.3, -0.25) is 9.88 Å². The molecule has 6 heteroatoms. The Kier molecular flexibility index (Phi) is 9.99. The number of halogens is 3. The van der Waals surface area contributed by atoms with Gasteiger partial charge in [0.25, 0.3) is 0 Å². The molecule has 254 valence electrons. The van der Waals surface area contributed by atoms with Gasteiger partial charge in [0.2, 0.25) is 0 Å². The van der Waals surface area contributed by atoms with Crippen LogP contribution in [0.25, 0.3) is 22.4 Å². The van der Waals surface area contributed by atoms with Crippen LogP contribution in [-0.2, 0) is 19.3 Å². The number of rotatable bonds is 8. The zero-order chi connectivity index (χ0) is 34.9. The van der Waals surface area contributed by atoms with E-state index in [1.165, 1.54) is 62.2 Å². The molecule has 6 rings (SSSR count). The Morgan fingerprint density at radius 2 is 1.27 bits per heavy atom. The molecule has 49 heavy (non-hydrogen) atoms. The maximum atomic E-state index is 13.5. The maximum Gasteiger partial charge on any atom is 0.416 e. The molecule has 0 radical (unpaired) electrons. The van der Waals surface area contributed by atoms with E-state index in [0.717, 1.165) is 55.0 Å². The van der Waals surface area contributed by atoms with E-state index in [4.69, 9.17) is 4.98 Å². The molecule has 0 spiro atoms. The van der Waals surface area contributed by atoms with Gasteiger partial charge < -0.3 is 4.90 Å². The van der Waals surface area contributed by atoms with Crippen molar-refractivity contribution in [2.24, 2.45) is 0 Å². The number of anilines is 1. The highest BCUT2D eigenvalue weighted by atomic mass is 19.4. The number of nitrogens with zero attached hydrogens (tertiary/aromatic N) is 3. The first-order valence-electron chi connectivity index (χ1n) is 17.2. The highest BCUT2D eigenvalue weighted by Crippen LogP contribution is 2.34. The van der Waals surface area contributed by atoms with Crippen molar-refractivity contribution in [1.29, 1.82) is 0 Å². The first-order chi connectivity index (χ1) is 23.4. The SMILES string of the molecule is Cc1cc(-c2cccc(CN3CCC(N(Cc4ccnc(-c5cc(C)c(C)c(C)c5)c4)c4ccc(C(F)(F)F)cc4)CC3)c2)cc(C)c1C. The molecule has 0 aliphatic carbocycles. The third kappa shape index (κ3) is 7.91. The Balaban J connectivity index is 1.20. The molecule has 0 saturated carbocycles. The third-order valence-corrected chi connectivity index (χ3v) is 10.5. The van der Waals surface area contributed by atoms with Crippen LogP contribution in [0.3, 0.4) is 0 Å². The molecule has 1 aromatic heterocycles. The molecule has 0 unspecified atom stereocenters. The number of piperidine rings is 1. The predicted molar refractivity (Wildman–Crippen MR) is 196 cm³/mol. The summed E-state index contributed by atoms with van der Waals surface area (Å²) in [6.07, 6.45) is -0.680. The highest BCUT2D eigenvalue weighted by molar-refractivity contribution is 5.67. The molecule has 1 fully saturated rings. The Labute approximate surface area is 289 Å². The molecule has 1 saturated heterocycles. The fraction of sp³-hybridized carbons (Fsp3) is 0.326. The molecule has 4 aromatic carbocycles. The van der Waals surface area contributed by atoms with Crippen LogP contribution in [-0.4, -0.2) is 29.0 Å². The summed E-state index contributed by atoms with van der Waals surface area (Å²) >= 11 is 0. The van der Waals surface area contributed by atoms with Crippen LogP contribution in [0.5, 0.6) is 0 Å². The van der Waals surface area contributed by atoms with Gasteiger partial charge >= 0.3 is 6.18 Å². The number of aryl methyl sites for hydroxylation is 4. The largest absolute Gasteiger partial charge is 0.416 e. The van der Waals surface area contributed by atoms with E-state index in [9.17, 15) is 13.2 Å². The normalized spacial score (nSPS) is 14.3. The minimum atomic E-state index is -4.37. The van der Waals surface area contributed by atoms with Crippen LogP contribution in [0.4, 0.5) is 18.9 Å². The van der Waals surface area contributed by atoms with Gasteiger partial charge in [0.05, 0.1) is 11.3 Å². The van der Waals surface area contributed by atoms with Crippen LogP contribution in [0.2, 0.25) is 0 Å². The highest BCUT2D eigenvalue weighted by Gasteiger charge is 2.31. The zero-order valence-electron chi connectivity index (χ0n) is 29.5. The lowest BCUT2D eigenvalue weighted by Gasteiger charge is -2.40. The summed E-state index contributed by atoms with van der Waals surface area (Å²) in [5, 5.41) is 0. The Hall–Kier alpha value is -4.42. The van der Waals surface area contributed by atoms with E-state index >= 15 is 0 Å². The number of alkyl halides is 3. The van der Waals surface area contributed by atoms with Gasteiger partial charge in [0, 0.05) is 49.7 Å². The van der Waals surface area contributed by atoms with Crippen LogP contribution < -0.4 is 4.90 Å². The van der Waals surface area contributed by atoms with Crippen molar-refractivity contribution in [2.75, 3.05) is 18.0 Å². The number of pyridine rings is 1. The van der Waals surface area contributed by atoms with Crippen molar-refractivity contribution < 1.29 is 13.2 Å². The van der Waals surface area contributed by atoms with E-state index in [2.05, 4.69) is 106 Å². The van der Waals surface area contributed by atoms with Crippen molar-refractivity contribution >= 4 is 5.69 Å². The van der Waals surface area contributed by atoms with E-state index in [0.29, 0.717) is 6.54 Å². The average molecular weight is 662 g/mol. The van der Waals surface area contributed by atoms with E-state index in [1.807, 2.05) is 12.3 Å². The molecular formula is C43H46F3N3. The van der Waals surface area contributed by atoms with E-state index < -0.39 is 11.7 Å². The Bertz CT molecular complexity index is 1890. The lowest BCUT2D eigenvalue weighted by molar-refractivity contribution is -0.137. The van der Waals surface area contributed by atoms with Gasteiger partial charge in [0.15, 0.2) is 0 Å². The van der Waals surface area contributed by atoms with Crippen LogP contribution >= 0.6 is 0 Å². The topological polar surface area (TPSA) is 19.4 Å². The molecule has 1 aliphatic rings. The summed E-state index contributed by atoms with van der Waals surface area (Å²) < 4.78 is 40.4. The van der Waals surface area contributed by atoms with Crippen molar-refractivity contribution in [1.82, 2.24) is 9.88 Å². The second-order valence-corrected chi connectivity index (χ2v) is 13.9. The Morgan fingerprint density at radius 1 is 0.673 bits per heavy atom. The first-order valence-corrected chi connectivity index (χ1v) is 17.2. The summed E-state index contributed by atoms with van der Waals surface area (Å²) in [7, 11) is 0. The summed E-state index contributed by atoms with van der Waals surface area (Å²) in [6, 6.07) is 27.8. The third-order valence-electron chi connectivity index (χ3n) is 10.5. The van der Waals surface area contributed by atoms with Gasteiger partial charge in [-0.05, 0) is 165 Å². The number of aromatic nitrogens is 1. The number of hydrogen-bond acceptors (Lipinski definition) is 3. The second-order valence-electron chi connectivity index (χ2n) is 13.9. The number of benzene rings is 4. The maximum absolute atomic E-state index is 13.5. The molecule has 0 N–H and O–H groups in total. The lowest BCUT2D eigenvalue weighted by atomic mass is 9.95. The van der Waals surface area contributed by atoms with Gasteiger partial charge in [-0.1, -0.05) is 30.3 Å². The summed E-state index contributed by atoms with van der Waals surface area (Å²) in [4.78, 5) is 9.49. The van der Waals surface area contributed by atoms with Crippen LogP contribution in [0.15, 0.2) is 91.1 Å². The smallest absolute Gasteiger partial charge is 0.364 e. The molecule has 0 amide bonds. The van der Waals surface area contributed by atoms with Crippen molar-refractivity contribution in [2.45, 2.75) is 79.7 Å². The second kappa shape index (κ2) is 14.2. The quantitative estimate of drug-likeness (QED) is 0.165. The molecule has 0 bridgehead atoms. The summed E-state index contributed by atoms with van der Waals surface area (Å²) in [6.45, 7) is 16.2. The van der Waals surface area contributed by atoms with Gasteiger partial charge in [-0.2, -0.15) is 13.2 Å². The lowest BCUT2D eigenvalue weighted by Crippen LogP contribution is -2.44. The van der Waals surface area contributed by atoms with Crippen molar-refractivity contribution in [3.63, 3.8) is 0 Å². The number of hydrogen-bond donors (Lipinski definition) is 0. The molecule has 1 aliphatic heterocycles. The predicted octanol–water partition coefficient (Wildman–Crippen LogP) is 11.0. The zero-order valence-corrected chi connectivity index (χ0v) is 29.5.